The molecule has 5 heteroatoms. The predicted molar refractivity (Wildman–Crippen MR) is 76.6 cm³/mol. The number of hydrogen-bond donors (Lipinski definition) is 1. The molecule has 0 aromatic heterocycles. The summed E-state index contributed by atoms with van der Waals surface area (Å²) in [4.78, 5) is 0. The Labute approximate surface area is 121 Å². The molecule has 106 valence electrons. The van der Waals surface area contributed by atoms with Gasteiger partial charge in [0, 0.05) is 16.8 Å². The maximum atomic E-state index is 12.1. The van der Waals surface area contributed by atoms with E-state index in [-0.39, 0.29) is 11.8 Å². The molecule has 2 rings (SSSR count). The minimum absolute atomic E-state index is 0.0387. The largest absolute Gasteiger partial charge is 0.435 e. The van der Waals surface area contributed by atoms with E-state index in [0.29, 0.717) is 5.02 Å². The molecule has 2 aromatic carbocycles. The van der Waals surface area contributed by atoms with E-state index in [1.165, 1.54) is 12.1 Å². The molecule has 0 aliphatic carbocycles. The molecule has 20 heavy (non-hydrogen) atoms. The molecule has 1 unspecified atom stereocenters. The van der Waals surface area contributed by atoms with Crippen LogP contribution < -0.4 is 10.1 Å². The summed E-state index contributed by atoms with van der Waals surface area (Å²) in [5.41, 5.74) is 1.91. The first kappa shape index (κ1) is 14.6. The molecule has 0 saturated heterocycles. The number of halogens is 3. The monoisotopic (exact) mass is 297 g/mol. The Morgan fingerprint density at radius 2 is 1.60 bits per heavy atom. The summed E-state index contributed by atoms with van der Waals surface area (Å²) in [5.74, 6) is 0.155. The van der Waals surface area contributed by atoms with E-state index in [0.717, 1.165) is 11.3 Å². The van der Waals surface area contributed by atoms with Crippen molar-refractivity contribution in [2.45, 2.75) is 19.6 Å². The maximum Gasteiger partial charge on any atom is 0.387 e. The van der Waals surface area contributed by atoms with E-state index in [1.54, 1.807) is 24.3 Å². The number of hydrogen-bond acceptors (Lipinski definition) is 2. The van der Waals surface area contributed by atoms with Crippen molar-refractivity contribution < 1.29 is 13.5 Å². The zero-order valence-electron chi connectivity index (χ0n) is 10.8. The summed E-state index contributed by atoms with van der Waals surface area (Å²) in [6.07, 6.45) is 0. The van der Waals surface area contributed by atoms with Gasteiger partial charge < -0.3 is 10.1 Å². The first-order valence-electron chi connectivity index (χ1n) is 6.11. The molecule has 0 fully saturated rings. The van der Waals surface area contributed by atoms with Crippen LogP contribution in [0.2, 0.25) is 5.02 Å². The van der Waals surface area contributed by atoms with Gasteiger partial charge in [0.1, 0.15) is 5.75 Å². The second-order valence-corrected chi connectivity index (χ2v) is 4.76. The Morgan fingerprint density at radius 3 is 2.15 bits per heavy atom. The lowest BCUT2D eigenvalue weighted by atomic mass is 10.1. The van der Waals surface area contributed by atoms with Gasteiger partial charge in [0.15, 0.2) is 0 Å². The van der Waals surface area contributed by atoms with Crippen LogP contribution in [0.5, 0.6) is 5.75 Å². The summed E-state index contributed by atoms with van der Waals surface area (Å²) in [5, 5.41) is 3.98. The Hall–Kier alpha value is -1.81. The fourth-order valence-electron chi connectivity index (χ4n) is 1.82. The van der Waals surface area contributed by atoms with Crippen molar-refractivity contribution in [1.82, 2.24) is 0 Å². The van der Waals surface area contributed by atoms with Crippen molar-refractivity contribution in [2.75, 3.05) is 5.32 Å². The van der Waals surface area contributed by atoms with Crippen LogP contribution in [-0.4, -0.2) is 6.61 Å². The molecule has 0 bridgehead atoms. The normalized spacial score (nSPS) is 12.2. The van der Waals surface area contributed by atoms with Crippen LogP contribution in [0.25, 0.3) is 0 Å². The summed E-state index contributed by atoms with van der Waals surface area (Å²) >= 11 is 5.82. The third-order valence-corrected chi connectivity index (χ3v) is 3.08. The minimum atomic E-state index is -2.80. The first-order chi connectivity index (χ1) is 9.54. The van der Waals surface area contributed by atoms with E-state index in [1.807, 2.05) is 19.1 Å². The average molecular weight is 298 g/mol. The van der Waals surface area contributed by atoms with Gasteiger partial charge in [-0.15, -0.1) is 0 Å². The van der Waals surface area contributed by atoms with Crippen LogP contribution in [0.3, 0.4) is 0 Å². The molecular formula is C15H14ClF2NO. The summed E-state index contributed by atoms with van der Waals surface area (Å²) < 4.78 is 28.4. The summed E-state index contributed by atoms with van der Waals surface area (Å²) in [7, 11) is 0. The smallest absolute Gasteiger partial charge is 0.387 e. The number of alkyl halides is 2. The maximum absolute atomic E-state index is 12.1. The van der Waals surface area contributed by atoms with Gasteiger partial charge in [-0.25, -0.2) is 0 Å². The highest BCUT2D eigenvalue weighted by atomic mass is 35.5. The molecule has 0 amide bonds. The van der Waals surface area contributed by atoms with E-state index in [2.05, 4.69) is 10.1 Å². The zero-order chi connectivity index (χ0) is 14.5. The SMILES string of the molecule is CC(Nc1ccc(Cl)cc1)c1ccc(OC(F)F)cc1. The highest BCUT2D eigenvalue weighted by Crippen LogP contribution is 2.23. The topological polar surface area (TPSA) is 21.3 Å². The molecule has 0 heterocycles. The van der Waals surface area contributed by atoms with Gasteiger partial charge in [-0.2, -0.15) is 8.78 Å². The van der Waals surface area contributed by atoms with Crippen molar-refractivity contribution in [3.05, 3.63) is 59.1 Å². The Bertz CT molecular complexity index is 543. The van der Waals surface area contributed by atoms with Gasteiger partial charge in [0.05, 0.1) is 0 Å². The standard InChI is InChI=1S/C15H14ClF2NO/c1-10(19-13-6-4-12(16)5-7-13)11-2-8-14(9-3-11)20-15(17)18/h2-10,15,19H,1H3. The molecule has 0 radical (unpaired) electrons. The minimum Gasteiger partial charge on any atom is -0.435 e. The van der Waals surface area contributed by atoms with Gasteiger partial charge in [-0.3, -0.25) is 0 Å². The van der Waals surface area contributed by atoms with Crippen LogP contribution in [0.4, 0.5) is 14.5 Å². The van der Waals surface area contributed by atoms with Crippen molar-refractivity contribution in [2.24, 2.45) is 0 Å². The van der Waals surface area contributed by atoms with Gasteiger partial charge >= 0.3 is 6.61 Å². The third kappa shape index (κ3) is 4.10. The predicted octanol–water partition coefficient (Wildman–Crippen LogP) is 5.11. The van der Waals surface area contributed by atoms with Crippen LogP contribution >= 0.6 is 11.6 Å². The number of benzene rings is 2. The van der Waals surface area contributed by atoms with E-state index >= 15 is 0 Å². The van der Waals surface area contributed by atoms with E-state index in [9.17, 15) is 8.78 Å². The Kier molecular flexibility index (Phi) is 4.79. The number of anilines is 1. The average Bonchev–Trinajstić information content (AvgIpc) is 2.41. The van der Waals surface area contributed by atoms with Crippen molar-refractivity contribution in [3.8, 4) is 5.75 Å². The summed E-state index contributed by atoms with van der Waals surface area (Å²) in [6, 6.07) is 14.0. The molecule has 0 aliphatic rings. The van der Waals surface area contributed by atoms with E-state index < -0.39 is 6.61 Å². The lowest BCUT2D eigenvalue weighted by molar-refractivity contribution is -0.0498. The second-order valence-electron chi connectivity index (χ2n) is 4.32. The molecular weight excluding hydrogens is 284 g/mol. The second kappa shape index (κ2) is 6.57. The molecule has 0 saturated carbocycles. The Balaban J connectivity index is 2.01. The molecule has 2 aromatic rings. The molecule has 2 nitrogen and oxygen atoms in total. The molecule has 1 atom stereocenters. The third-order valence-electron chi connectivity index (χ3n) is 2.83. The highest BCUT2D eigenvalue weighted by molar-refractivity contribution is 6.30. The van der Waals surface area contributed by atoms with Gasteiger partial charge in [-0.1, -0.05) is 23.7 Å². The summed E-state index contributed by atoms with van der Waals surface area (Å²) in [6.45, 7) is -0.817. The van der Waals surface area contributed by atoms with Crippen LogP contribution in [0.15, 0.2) is 48.5 Å². The molecule has 0 spiro atoms. The van der Waals surface area contributed by atoms with Crippen molar-refractivity contribution in [3.63, 3.8) is 0 Å². The molecule has 0 aliphatic heterocycles. The first-order valence-corrected chi connectivity index (χ1v) is 6.49. The lowest BCUT2D eigenvalue weighted by Crippen LogP contribution is -2.07. The van der Waals surface area contributed by atoms with Crippen molar-refractivity contribution >= 4 is 17.3 Å². The number of nitrogens with one attached hydrogen (secondary N) is 1. The van der Waals surface area contributed by atoms with Crippen LogP contribution in [0, 0.1) is 0 Å². The lowest BCUT2D eigenvalue weighted by Gasteiger charge is -2.16. The van der Waals surface area contributed by atoms with Gasteiger partial charge in [0.2, 0.25) is 0 Å². The fraction of sp³-hybridized carbons (Fsp3) is 0.200. The highest BCUT2D eigenvalue weighted by Gasteiger charge is 2.07. The van der Waals surface area contributed by atoms with E-state index in [4.69, 9.17) is 11.6 Å². The van der Waals surface area contributed by atoms with Crippen LogP contribution in [-0.2, 0) is 0 Å². The van der Waals surface area contributed by atoms with Gasteiger partial charge in [0.25, 0.3) is 0 Å². The quantitative estimate of drug-likeness (QED) is 0.827. The number of ether oxygens (including phenoxy) is 1. The Morgan fingerprint density at radius 1 is 1.00 bits per heavy atom. The van der Waals surface area contributed by atoms with Gasteiger partial charge in [-0.05, 0) is 48.9 Å². The van der Waals surface area contributed by atoms with Crippen LogP contribution in [0.1, 0.15) is 18.5 Å². The fourth-order valence-corrected chi connectivity index (χ4v) is 1.94. The molecule has 1 N–H and O–H groups in total. The van der Waals surface area contributed by atoms with Crippen molar-refractivity contribution in [1.29, 1.82) is 0 Å². The zero-order valence-corrected chi connectivity index (χ0v) is 11.6. The number of rotatable bonds is 5.